The van der Waals surface area contributed by atoms with Crippen molar-refractivity contribution in [3.63, 3.8) is 0 Å². The topological polar surface area (TPSA) is 12.5 Å². The zero-order valence-electron chi connectivity index (χ0n) is 9.32. The molecule has 1 heterocycles. The van der Waals surface area contributed by atoms with Crippen LogP contribution in [0.4, 0.5) is 10.1 Å². The first-order valence-electron chi connectivity index (χ1n) is 5.48. The molecule has 1 aliphatic rings. The van der Waals surface area contributed by atoms with Gasteiger partial charge in [-0.25, -0.2) is 4.39 Å². The third-order valence-electron chi connectivity index (χ3n) is 2.81. The summed E-state index contributed by atoms with van der Waals surface area (Å²) in [5.74, 6) is -0.166. The van der Waals surface area contributed by atoms with Crippen molar-refractivity contribution in [2.75, 3.05) is 31.2 Å². The van der Waals surface area contributed by atoms with Gasteiger partial charge in [-0.05, 0) is 24.6 Å². The fourth-order valence-electron chi connectivity index (χ4n) is 1.84. The molecule has 16 heavy (non-hydrogen) atoms. The van der Waals surface area contributed by atoms with Gasteiger partial charge in [0, 0.05) is 18.3 Å². The molecule has 1 atom stereocenters. The maximum absolute atomic E-state index is 13.9. The quantitative estimate of drug-likeness (QED) is 0.799. The molecular formula is C12H16FNOS. The maximum Gasteiger partial charge on any atom is 0.146 e. The van der Waals surface area contributed by atoms with E-state index in [1.54, 1.807) is 6.07 Å². The third-order valence-corrected chi connectivity index (χ3v) is 3.10. The molecule has 1 aliphatic heterocycles. The minimum Gasteiger partial charge on any atom is -0.378 e. The Balaban J connectivity index is 2.21. The molecule has 1 saturated heterocycles. The van der Waals surface area contributed by atoms with Gasteiger partial charge in [0.25, 0.3) is 0 Å². The van der Waals surface area contributed by atoms with E-state index in [0.29, 0.717) is 18.9 Å². The minimum atomic E-state index is -0.166. The second kappa shape index (κ2) is 5.06. The standard InChI is InChI=1S/C12H16FNOS/c1-9(16)10-2-3-12(11(13)8-10)14-4-6-15-7-5-14/h2-3,8-9,16H,4-7H2,1H3. The highest BCUT2D eigenvalue weighted by Crippen LogP contribution is 2.26. The van der Waals surface area contributed by atoms with Crippen molar-refractivity contribution in [1.82, 2.24) is 0 Å². The number of halogens is 1. The lowest BCUT2D eigenvalue weighted by Crippen LogP contribution is -2.36. The van der Waals surface area contributed by atoms with E-state index in [1.807, 2.05) is 24.0 Å². The lowest BCUT2D eigenvalue weighted by atomic mass is 10.1. The van der Waals surface area contributed by atoms with Crippen LogP contribution in [-0.2, 0) is 4.74 Å². The fraction of sp³-hybridized carbons (Fsp3) is 0.500. The predicted molar refractivity (Wildman–Crippen MR) is 66.8 cm³/mol. The van der Waals surface area contributed by atoms with Crippen LogP contribution in [0.3, 0.4) is 0 Å². The maximum atomic E-state index is 13.9. The van der Waals surface area contributed by atoms with E-state index in [0.717, 1.165) is 18.7 Å². The Morgan fingerprint density at radius 3 is 2.62 bits per heavy atom. The third kappa shape index (κ3) is 2.50. The Bertz CT molecular complexity index is 364. The van der Waals surface area contributed by atoms with Gasteiger partial charge in [0.05, 0.1) is 18.9 Å². The number of thiol groups is 1. The first-order chi connectivity index (χ1) is 7.68. The molecule has 0 saturated carbocycles. The zero-order chi connectivity index (χ0) is 11.5. The van der Waals surface area contributed by atoms with Crippen LogP contribution in [0.25, 0.3) is 0 Å². The van der Waals surface area contributed by atoms with Crippen LogP contribution in [-0.4, -0.2) is 26.3 Å². The molecule has 1 unspecified atom stereocenters. The molecule has 0 radical (unpaired) electrons. The molecule has 0 aliphatic carbocycles. The molecule has 1 aromatic rings. The van der Waals surface area contributed by atoms with Crippen molar-refractivity contribution < 1.29 is 9.13 Å². The minimum absolute atomic E-state index is 0.0632. The van der Waals surface area contributed by atoms with Gasteiger partial charge in [0.1, 0.15) is 5.82 Å². The molecular weight excluding hydrogens is 225 g/mol. The predicted octanol–water partition coefficient (Wildman–Crippen LogP) is 2.65. The average Bonchev–Trinajstić information content (AvgIpc) is 2.30. The van der Waals surface area contributed by atoms with Gasteiger partial charge in [0.15, 0.2) is 0 Å². The van der Waals surface area contributed by atoms with E-state index in [2.05, 4.69) is 12.6 Å². The molecule has 0 N–H and O–H groups in total. The number of anilines is 1. The summed E-state index contributed by atoms with van der Waals surface area (Å²) >= 11 is 4.30. The van der Waals surface area contributed by atoms with E-state index in [-0.39, 0.29) is 11.1 Å². The molecule has 0 aromatic heterocycles. The lowest BCUT2D eigenvalue weighted by molar-refractivity contribution is 0.122. The number of nitrogens with zero attached hydrogens (tertiary/aromatic N) is 1. The fourth-order valence-corrected chi connectivity index (χ4v) is 2.00. The molecule has 0 spiro atoms. The number of morpholine rings is 1. The first-order valence-corrected chi connectivity index (χ1v) is 6.00. The highest BCUT2D eigenvalue weighted by Gasteiger charge is 2.15. The molecule has 1 fully saturated rings. The van der Waals surface area contributed by atoms with Gasteiger partial charge in [-0.3, -0.25) is 0 Å². The number of ether oxygens (including phenoxy) is 1. The van der Waals surface area contributed by atoms with E-state index in [4.69, 9.17) is 4.74 Å². The summed E-state index contributed by atoms with van der Waals surface area (Å²) in [6, 6.07) is 5.34. The van der Waals surface area contributed by atoms with Crippen LogP contribution >= 0.6 is 12.6 Å². The molecule has 2 nitrogen and oxygen atoms in total. The van der Waals surface area contributed by atoms with Crippen LogP contribution in [0.2, 0.25) is 0 Å². The molecule has 1 aromatic carbocycles. The van der Waals surface area contributed by atoms with E-state index < -0.39 is 0 Å². The summed E-state index contributed by atoms with van der Waals surface area (Å²) in [5, 5.41) is 0.0632. The number of hydrogen-bond donors (Lipinski definition) is 1. The average molecular weight is 241 g/mol. The molecule has 4 heteroatoms. The normalized spacial score (nSPS) is 18.6. The Morgan fingerprint density at radius 1 is 1.38 bits per heavy atom. The number of benzene rings is 1. The Kier molecular flexibility index (Phi) is 3.71. The summed E-state index contributed by atoms with van der Waals surface area (Å²) < 4.78 is 19.1. The summed E-state index contributed by atoms with van der Waals surface area (Å²) in [7, 11) is 0. The van der Waals surface area contributed by atoms with Crippen LogP contribution in [0, 0.1) is 5.82 Å². The van der Waals surface area contributed by atoms with E-state index in [1.165, 1.54) is 0 Å². The molecule has 88 valence electrons. The van der Waals surface area contributed by atoms with Crippen LogP contribution in [0.5, 0.6) is 0 Å². The molecule has 2 rings (SSSR count). The van der Waals surface area contributed by atoms with Gasteiger partial charge in [-0.1, -0.05) is 6.07 Å². The molecule has 0 amide bonds. The van der Waals surface area contributed by atoms with Crippen molar-refractivity contribution in [3.8, 4) is 0 Å². The van der Waals surface area contributed by atoms with Crippen LogP contribution in [0.15, 0.2) is 18.2 Å². The van der Waals surface area contributed by atoms with Gasteiger partial charge >= 0.3 is 0 Å². The monoisotopic (exact) mass is 241 g/mol. The van der Waals surface area contributed by atoms with Gasteiger partial charge in [-0.15, -0.1) is 0 Å². The Hall–Kier alpha value is -0.740. The Labute approximate surface area is 101 Å². The Morgan fingerprint density at radius 2 is 2.06 bits per heavy atom. The van der Waals surface area contributed by atoms with Crippen molar-refractivity contribution in [2.24, 2.45) is 0 Å². The first kappa shape index (κ1) is 11.7. The summed E-state index contributed by atoms with van der Waals surface area (Å²) in [6.45, 7) is 4.79. The van der Waals surface area contributed by atoms with E-state index in [9.17, 15) is 4.39 Å². The van der Waals surface area contributed by atoms with Crippen molar-refractivity contribution >= 4 is 18.3 Å². The van der Waals surface area contributed by atoms with Gasteiger partial charge in [0.2, 0.25) is 0 Å². The van der Waals surface area contributed by atoms with Crippen molar-refractivity contribution in [2.45, 2.75) is 12.2 Å². The number of rotatable bonds is 2. The number of hydrogen-bond acceptors (Lipinski definition) is 3. The smallest absolute Gasteiger partial charge is 0.146 e. The van der Waals surface area contributed by atoms with Gasteiger partial charge < -0.3 is 9.64 Å². The lowest BCUT2D eigenvalue weighted by Gasteiger charge is -2.29. The largest absolute Gasteiger partial charge is 0.378 e. The second-order valence-corrected chi connectivity index (χ2v) is 4.76. The van der Waals surface area contributed by atoms with Crippen LogP contribution < -0.4 is 4.90 Å². The summed E-state index contributed by atoms with van der Waals surface area (Å²) in [5.41, 5.74) is 1.58. The zero-order valence-corrected chi connectivity index (χ0v) is 10.2. The summed E-state index contributed by atoms with van der Waals surface area (Å²) in [6.07, 6.45) is 0. The highest BCUT2D eigenvalue weighted by molar-refractivity contribution is 7.80. The summed E-state index contributed by atoms with van der Waals surface area (Å²) in [4.78, 5) is 2.02. The van der Waals surface area contributed by atoms with Crippen LogP contribution in [0.1, 0.15) is 17.7 Å². The van der Waals surface area contributed by atoms with Crippen molar-refractivity contribution in [3.05, 3.63) is 29.6 Å². The second-order valence-electron chi connectivity index (χ2n) is 3.99. The highest BCUT2D eigenvalue weighted by atomic mass is 32.1. The van der Waals surface area contributed by atoms with Crippen molar-refractivity contribution in [1.29, 1.82) is 0 Å². The van der Waals surface area contributed by atoms with E-state index >= 15 is 0 Å². The molecule has 0 bridgehead atoms. The SMILES string of the molecule is CC(S)c1ccc(N2CCOCC2)c(F)c1. The van der Waals surface area contributed by atoms with Gasteiger partial charge in [-0.2, -0.15) is 12.6 Å².